The van der Waals surface area contributed by atoms with Gasteiger partial charge >= 0.3 is 7.12 Å². The summed E-state index contributed by atoms with van der Waals surface area (Å²) in [5, 5.41) is 20.4. The third kappa shape index (κ3) is 6.14. The highest BCUT2D eigenvalue weighted by atomic mass is 32.2. The lowest BCUT2D eigenvalue weighted by Crippen LogP contribution is -2.53. The molecule has 1 aromatic rings. The van der Waals surface area contributed by atoms with Crippen molar-refractivity contribution in [2.75, 3.05) is 18.6 Å². The van der Waals surface area contributed by atoms with Gasteiger partial charge in [0, 0.05) is 11.7 Å². The van der Waals surface area contributed by atoms with Crippen molar-refractivity contribution >= 4 is 22.4 Å². The molecule has 0 aromatic heterocycles. The fourth-order valence-electron chi connectivity index (χ4n) is 1.61. The molecular weight excluding hydrogens is 319 g/mol. The Labute approximate surface area is 138 Å². The molecule has 0 amide bonds. The van der Waals surface area contributed by atoms with E-state index in [1.807, 2.05) is 0 Å². The molecule has 23 heavy (non-hydrogen) atoms. The second-order valence-electron chi connectivity index (χ2n) is 6.56. The van der Waals surface area contributed by atoms with Crippen molar-refractivity contribution in [3.8, 4) is 5.75 Å². The lowest BCUT2D eigenvalue weighted by Gasteiger charge is -2.38. The van der Waals surface area contributed by atoms with E-state index in [1.165, 1.54) is 0 Å². The van der Waals surface area contributed by atoms with Crippen molar-refractivity contribution in [1.82, 2.24) is 0 Å². The molecule has 2 N–H and O–H groups in total. The van der Waals surface area contributed by atoms with E-state index in [1.54, 1.807) is 52.0 Å². The van der Waals surface area contributed by atoms with E-state index in [-0.39, 0.29) is 12.4 Å². The molecule has 0 saturated carbocycles. The molecule has 0 atom stereocenters. The summed E-state index contributed by atoms with van der Waals surface area (Å²) in [7, 11) is -4.44. The van der Waals surface area contributed by atoms with Crippen LogP contribution in [0.1, 0.15) is 27.7 Å². The van der Waals surface area contributed by atoms with Gasteiger partial charge in [0.25, 0.3) is 0 Å². The highest BCUT2D eigenvalue weighted by molar-refractivity contribution is 7.90. The van der Waals surface area contributed by atoms with Crippen molar-refractivity contribution in [2.24, 2.45) is 0 Å². The standard InChI is InChI=1S/C15H25BO6S/c1-14(2,17)15(3,4)22-16(18)12-8-6-7-9-13(12)21-10-11-23(5,19)20/h6-9,17-18H,10-11H2,1-5H3. The average Bonchev–Trinajstić information content (AvgIpc) is 2.35. The van der Waals surface area contributed by atoms with Crippen LogP contribution >= 0.6 is 0 Å². The van der Waals surface area contributed by atoms with Crippen LogP contribution in [-0.4, -0.2) is 55.5 Å². The van der Waals surface area contributed by atoms with Crippen molar-refractivity contribution < 1.29 is 27.9 Å². The van der Waals surface area contributed by atoms with Gasteiger partial charge in [0.05, 0.1) is 17.0 Å². The number of hydrogen-bond donors (Lipinski definition) is 2. The van der Waals surface area contributed by atoms with Gasteiger partial charge < -0.3 is 19.5 Å². The van der Waals surface area contributed by atoms with Gasteiger partial charge in [-0.15, -0.1) is 0 Å². The van der Waals surface area contributed by atoms with Crippen molar-refractivity contribution in [3.63, 3.8) is 0 Å². The fourth-order valence-corrected chi connectivity index (χ4v) is 1.99. The van der Waals surface area contributed by atoms with Crippen LogP contribution in [0.4, 0.5) is 0 Å². The highest BCUT2D eigenvalue weighted by Crippen LogP contribution is 2.25. The summed E-state index contributed by atoms with van der Waals surface area (Å²) < 4.78 is 33.3. The topological polar surface area (TPSA) is 93.1 Å². The SMILES string of the molecule is CC(C)(O)C(C)(C)OB(O)c1ccccc1OCCS(C)(=O)=O. The molecule has 0 unspecified atom stereocenters. The number of hydrogen-bond acceptors (Lipinski definition) is 6. The first-order chi connectivity index (χ1) is 10.3. The lowest BCUT2D eigenvalue weighted by molar-refractivity contribution is -0.0983. The molecule has 130 valence electrons. The molecular formula is C15H25BO6S. The van der Waals surface area contributed by atoms with Gasteiger partial charge in [0.2, 0.25) is 0 Å². The van der Waals surface area contributed by atoms with E-state index in [0.717, 1.165) is 6.26 Å². The minimum atomic E-state index is -3.13. The number of para-hydroxylation sites is 1. The largest absolute Gasteiger partial charge is 0.495 e. The fraction of sp³-hybridized carbons (Fsp3) is 0.600. The monoisotopic (exact) mass is 344 g/mol. The lowest BCUT2D eigenvalue weighted by atomic mass is 9.76. The molecule has 0 spiro atoms. The molecule has 8 heteroatoms. The van der Waals surface area contributed by atoms with Crippen LogP contribution in [0, 0.1) is 0 Å². The highest BCUT2D eigenvalue weighted by Gasteiger charge is 2.40. The predicted molar refractivity (Wildman–Crippen MR) is 90.7 cm³/mol. The van der Waals surface area contributed by atoms with Crippen LogP contribution in [0.2, 0.25) is 0 Å². The molecule has 1 aromatic carbocycles. The van der Waals surface area contributed by atoms with Gasteiger partial charge in [0.15, 0.2) is 9.84 Å². The molecule has 0 fully saturated rings. The predicted octanol–water partition coefficient (Wildman–Crippen LogP) is 0.364. The Morgan fingerprint density at radius 1 is 1.17 bits per heavy atom. The number of aliphatic hydroxyl groups is 1. The normalized spacial score (nSPS) is 13.0. The van der Waals surface area contributed by atoms with Crippen LogP contribution in [-0.2, 0) is 14.5 Å². The Kier molecular flexibility index (Phi) is 6.26. The first-order valence-electron chi connectivity index (χ1n) is 7.31. The zero-order valence-electron chi connectivity index (χ0n) is 14.2. The molecule has 0 saturated heterocycles. The Morgan fingerprint density at radius 3 is 2.26 bits per heavy atom. The minimum absolute atomic E-state index is 0.0164. The molecule has 0 aliphatic carbocycles. The summed E-state index contributed by atoms with van der Waals surface area (Å²) in [5.74, 6) is 0.225. The zero-order chi connectivity index (χ0) is 17.9. The molecule has 0 aliphatic heterocycles. The van der Waals surface area contributed by atoms with Gasteiger partial charge in [-0.2, -0.15) is 0 Å². The molecule has 1 rings (SSSR count). The molecule has 0 aliphatic rings. The van der Waals surface area contributed by atoms with Crippen LogP contribution in [0.25, 0.3) is 0 Å². The quantitative estimate of drug-likeness (QED) is 0.662. The maximum Gasteiger partial charge on any atom is 0.495 e. The Morgan fingerprint density at radius 2 is 1.74 bits per heavy atom. The van der Waals surface area contributed by atoms with E-state index in [0.29, 0.717) is 11.2 Å². The van der Waals surface area contributed by atoms with Crippen LogP contribution in [0.3, 0.4) is 0 Å². The van der Waals surface area contributed by atoms with Gasteiger partial charge in [-0.05, 0) is 33.8 Å². The Bertz CT molecular complexity index is 621. The summed E-state index contributed by atoms with van der Waals surface area (Å²) >= 11 is 0. The average molecular weight is 344 g/mol. The summed E-state index contributed by atoms with van der Waals surface area (Å²) in [5.41, 5.74) is -1.80. The maximum absolute atomic E-state index is 11.2. The minimum Gasteiger partial charge on any atom is -0.493 e. The summed E-state index contributed by atoms with van der Waals surface area (Å²) in [4.78, 5) is 0. The Hall–Kier alpha value is -1.09. The van der Waals surface area contributed by atoms with Gasteiger partial charge in [-0.3, -0.25) is 0 Å². The number of rotatable bonds is 8. The van der Waals surface area contributed by atoms with Gasteiger partial charge in [-0.25, -0.2) is 8.42 Å². The molecule has 0 radical (unpaired) electrons. The van der Waals surface area contributed by atoms with Crippen LogP contribution in [0.5, 0.6) is 5.75 Å². The van der Waals surface area contributed by atoms with E-state index in [9.17, 15) is 18.5 Å². The van der Waals surface area contributed by atoms with E-state index in [4.69, 9.17) is 9.39 Å². The van der Waals surface area contributed by atoms with Crippen LogP contribution < -0.4 is 10.2 Å². The first kappa shape index (κ1) is 20.0. The first-order valence-corrected chi connectivity index (χ1v) is 9.37. The number of benzene rings is 1. The Balaban J connectivity index is 2.87. The van der Waals surface area contributed by atoms with Crippen molar-refractivity contribution in [2.45, 2.75) is 38.9 Å². The van der Waals surface area contributed by atoms with Gasteiger partial charge in [0.1, 0.15) is 12.4 Å². The second-order valence-corrected chi connectivity index (χ2v) is 8.82. The van der Waals surface area contributed by atoms with Crippen molar-refractivity contribution in [3.05, 3.63) is 24.3 Å². The summed E-state index contributed by atoms with van der Waals surface area (Å²) in [6.07, 6.45) is 1.13. The van der Waals surface area contributed by atoms with E-state index in [2.05, 4.69) is 0 Å². The summed E-state index contributed by atoms with van der Waals surface area (Å²) in [6.45, 7) is 6.51. The molecule has 0 heterocycles. The molecule has 0 bridgehead atoms. The second kappa shape index (κ2) is 7.21. The third-order valence-corrected chi connectivity index (χ3v) is 4.68. The van der Waals surface area contributed by atoms with E-state index < -0.39 is 28.2 Å². The molecule has 6 nitrogen and oxygen atoms in total. The zero-order valence-corrected chi connectivity index (χ0v) is 15.1. The third-order valence-electron chi connectivity index (χ3n) is 3.78. The number of ether oxygens (including phenoxy) is 1. The summed E-state index contributed by atoms with van der Waals surface area (Å²) in [6, 6.07) is 6.68. The smallest absolute Gasteiger partial charge is 0.493 e. The van der Waals surface area contributed by atoms with Crippen molar-refractivity contribution in [1.29, 1.82) is 0 Å². The number of sulfone groups is 1. The maximum atomic E-state index is 11.2. The van der Waals surface area contributed by atoms with Crippen LogP contribution in [0.15, 0.2) is 24.3 Å². The van der Waals surface area contributed by atoms with Gasteiger partial charge in [-0.1, -0.05) is 18.2 Å². The van der Waals surface area contributed by atoms with E-state index >= 15 is 0 Å².